The second-order valence-electron chi connectivity index (χ2n) is 6.24. The van der Waals surface area contributed by atoms with Crippen molar-refractivity contribution >= 4 is 16.9 Å². The minimum absolute atomic E-state index is 0.0629. The van der Waals surface area contributed by atoms with Crippen LogP contribution in [-0.4, -0.2) is 10.8 Å². The summed E-state index contributed by atoms with van der Waals surface area (Å²) in [6, 6.07) is 9.65. The highest BCUT2D eigenvalue weighted by atomic mass is 19.1. The monoisotopic (exact) mass is 365 g/mol. The van der Waals surface area contributed by atoms with E-state index < -0.39 is 23.2 Å². The first kappa shape index (κ1) is 15.6. The van der Waals surface area contributed by atoms with Gasteiger partial charge in [-0.3, -0.25) is 9.59 Å². The van der Waals surface area contributed by atoms with Crippen LogP contribution in [0.15, 0.2) is 73.0 Å². The highest BCUT2D eigenvalue weighted by molar-refractivity contribution is 5.98. The van der Waals surface area contributed by atoms with Gasteiger partial charge in [-0.25, -0.2) is 4.39 Å². The molecule has 4 heterocycles. The fraction of sp³-hybridized carbons (Fsp3) is 0.100. The van der Waals surface area contributed by atoms with Gasteiger partial charge in [0.25, 0.3) is 5.91 Å². The first-order valence-electron chi connectivity index (χ1n) is 8.26. The topological polar surface area (TPSA) is 76.8 Å². The van der Waals surface area contributed by atoms with Crippen molar-refractivity contribution in [3.8, 4) is 0 Å². The molecule has 1 aliphatic heterocycles. The van der Waals surface area contributed by atoms with Crippen LogP contribution >= 0.6 is 0 Å². The predicted octanol–water partition coefficient (Wildman–Crippen LogP) is 3.86. The number of fused-ring (bicyclic) bond motifs is 2. The fourth-order valence-corrected chi connectivity index (χ4v) is 3.47. The standard InChI is InChI=1S/C20H12FNO5/c21-11-5-6-14-13(9-11)18(23)16-17(15-4-2-8-26-15)22(20(24)19(16)27-14)10-12-3-1-7-25-12/h1-9,17H,10H2. The molecular formula is C20H12FNO5. The molecule has 27 heavy (non-hydrogen) atoms. The summed E-state index contributed by atoms with van der Waals surface area (Å²) in [4.78, 5) is 27.6. The van der Waals surface area contributed by atoms with Gasteiger partial charge in [0, 0.05) is 0 Å². The lowest BCUT2D eigenvalue weighted by Gasteiger charge is -2.21. The maximum Gasteiger partial charge on any atom is 0.291 e. The van der Waals surface area contributed by atoms with E-state index in [1.165, 1.54) is 29.6 Å². The van der Waals surface area contributed by atoms with Gasteiger partial charge in [-0.1, -0.05) is 0 Å². The third-order valence-electron chi connectivity index (χ3n) is 4.65. The number of carbonyl (C=O) groups is 1. The van der Waals surface area contributed by atoms with Gasteiger partial charge in [0.2, 0.25) is 5.76 Å². The first-order valence-corrected chi connectivity index (χ1v) is 8.26. The maximum atomic E-state index is 13.7. The quantitative estimate of drug-likeness (QED) is 0.551. The highest BCUT2D eigenvalue weighted by Gasteiger charge is 2.44. The van der Waals surface area contributed by atoms with Crippen molar-refractivity contribution in [1.82, 2.24) is 4.90 Å². The number of benzene rings is 1. The van der Waals surface area contributed by atoms with Gasteiger partial charge in [0.1, 0.15) is 29.0 Å². The number of rotatable bonds is 3. The zero-order valence-electron chi connectivity index (χ0n) is 13.8. The van der Waals surface area contributed by atoms with E-state index in [4.69, 9.17) is 13.3 Å². The summed E-state index contributed by atoms with van der Waals surface area (Å²) >= 11 is 0. The second-order valence-corrected chi connectivity index (χ2v) is 6.24. The molecule has 7 heteroatoms. The molecule has 0 radical (unpaired) electrons. The van der Waals surface area contributed by atoms with Crippen LogP contribution in [0.25, 0.3) is 11.0 Å². The van der Waals surface area contributed by atoms with Crippen LogP contribution in [-0.2, 0) is 6.54 Å². The van der Waals surface area contributed by atoms with E-state index in [1.807, 2.05) is 0 Å². The molecule has 6 nitrogen and oxygen atoms in total. The molecule has 4 aromatic rings. The Kier molecular flexibility index (Phi) is 3.30. The maximum absolute atomic E-state index is 13.7. The van der Waals surface area contributed by atoms with E-state index in [-0.39, 0.29) is 28.8 Å². The van der Waals surface area contributed by atoms with Gasteiger partial charge in [-0.2, -0.15) is 0 Å². The first-order chi connectivity index (χ1) is 13.1. The molecule has 0 saturated heterocycles. The van der Waals surface area contributed by atoms with Crippen LogP contribution in [0.1, 0.15) is 33.7 Å². The number of hydrogen-bond donors (Lipinski definition) is 0. The van der Waals surface area contributed by atoms with E-state index in [0.717, 1.165) is 6.07 Å². The van der Waals surface area contributed by atoms with Crippen LogP contribution < -0.4 is 5.43 Å². The van der Waals surface area contributed by atoms with Gasteiger partial charge in [-0.15, -0.1) is 0 Å². The molecule has 1 amide bonds. The minimum Gasteiger partial charge on any atom is -0.467 e. The molecule has 1 aromatic carbocycles. The molecule has 0 fully saturated rings. The summed E-state index contributed by atoms with van der Waals surface area (Å²) in [5, 5.41) is 0.0814. The van der Waals surface area contributed by atoms with Gasteiger partial charge >= 0.3 is 0 Å². The van der Waals surface area contributed by atoms with E-state index in [9.17, 15) is 14.0 Å². The van der Waals surface area contributed by atoms with Crippen molar-refractivity contribution in [3.05, 3.63) is 93.9 Å². The van der Waals surface area contributed by atoms with Crippen LogP contribution in [0.2, 0.25) is 0 Å². The Bertz CT molecular complexity index is 1210. The molecule has 0 bridgehead atoms. The minimum atomic E-state index is -0.781. The van der Waals surface area contributed by atoms with Crippen molar-refractivity contribution in [2.45, 2.75) is 12.6 Å². The molecule has 3 aromatic heterocycles. The average molecular weight is 365 g/mol. The number of furan rings is 2. The van der Waals surface area contributed by atoms with Crippen molar-refractivity contribution < 1.29 is 22.4 Å². The number of carbonyl (C=O) groups excluding carboxylic acids is 1. The molecule has 1 unspecified atom stereocenters. The van der Waals surface area contributed by atoms with Crippen LogP contribution in [0.3, 0.4) is 0 Å². The Morgan fingerprint density at radius 3 is 2.59 bits per heavy atom. The lowest BCUT2D eigenvalue weighted by Crippen LogP contribution is -2.28. The third kappa shape index (κ3) is 2.32. The zero-order valence-corrected chi connectivity index (χ0v) is 13.8. The third-order valence-corrected chi connectivity index (χ3v) is 4.65. The molecular weight excluding hydrogens is 353 g/mol. The summed E-state index contributed by atoms with van der Waals surface area (Å²) in [7, 11) is 0. The van der Waals surface area contributed by atoms with Crippen LogP contribution in [0, 0.1) is 5.82 Å². The predicted molar refractivity (Wildman–Crippen MR) is 91.6 cm³/mol. The van der Waals surface area contributed by atoms with E-state index in [1.54, 1.807) is 24.3 Å². The van der Waals surface area contributed by atoms with Crippen molar-refractivity contribution in [2.24, 2.45) is 0 Å². The molecule has 1 atom stereocenters. The average Bonchev–Trinajstić information content (AvgIpc) is 3.40. The lowest BCUT2D eigenvalue weighted by molar-refractivity contribution is 0.0686. The molecule has 0 aliphatic carbocycles. The number of nitrogens with zero attached hydrogens (tertiary/aromatic N) is 1. The molecule has 0 saturated carbocycles. The SMILES string of the molecule is O=C1c2oc3ccc(F)cc3c(=O)c2C(c2ccco2)N1Cc1ccco1. The molecule has 0 N–H and O–H groups in total. The second kappa shape index (κ2) is 5.70. The normalized spacial score (nSPS) is 16.3. The Morgan fingerprint density at radius 1 is 1.04 bits per heavy atom. The Balaban J connectivity index is 1.75. The van der Waals surface area contributed by atoms with Gasteiger partial charge in [0.05, 0.1) is 30.0 Å². The molecule has 134 valence electrons. The van der Waals surface area contributed by atoms with E-state index in [2.05, 4.69) is 0 Å². The van der Waals surface area contributed by atoms with Crippen LogP contribution in [0.4, 0.5) is 4.39 Å². The van der Waals surface area contributed by atoms with Crippen molar-refractivity contribution in [2.75, 3.05) is 0 Å². The molecule has 5 rings (SSSR count). The lowest BCUT2D eigenvalue weighted by atomic mass is 10.0. The van der Waals surface area contributed by atoms with Crippen molar-refractivity contribution in [3.63, 3.8) is 0 Å². The van der Waals surface area contributed by atoms with E-state index in [0.29, 0.717) is 11.5 Å². The largest absolute Gasteiger partial charge is 0.467 e. The van der Waals surface area contributed by atoms with E-state index >= 15 is 0 Å². The van der Waals surface area contributed by atoms with Crippen LogP contribution in [0.5, 0.6) is 0 Å². The number of halogens is 1. The molecule has 0 spiro atoms. The smallest absolute Gasteiger partial charge is 0.291 e. The zero-order chi connectivity index (χ0) is 18.5. The summed E-state index contributed by atoms with van der Waals surface area (Å²) in [6.45, 7) is 0.131. The number of amides is 1. The van der Waals surface area contributed by atoms with Gasteiger partial charge < -0.3 is 18.2 Å². The summed E-state index contributed by atoms with van der Waals surface area (Å²) in [5.41, 5.74) is -0.159. The summed E-state index contributed by atoms with van der Waals surface area (Å²) in [6.07, 6.45) is 2.97. The van der Waals surface area contributed by atoms with Gasteiger partial charge in [0.15, 0.2) is 5.43 Å². The summed E-state index contributed by atoms with van der Waals surface area (Å²) < 4.78 is 30.2. The highest BCUT2D eigenvalue weighted by Crippen LogP contribution is 2.39. The van der Waals surface area contributed by atoms with Crippen molar-refractivity contribution in [1.29, 1.82) is 0 Å². The summed E-state index contributed by atoms with van der Waals surface area (Å²) in [5.74, 6) is -0.105. The Hall–Kier alpha value is -3.61. The fourth-order valence-electron chi connectivity index (χ4n) is 3.47. The Morgan fingerprint density at radius 2 is 1.85 bits per heavy atom. The van der Waals surface area contributed by atoms with Gasteiger partial charge in [-0.05, 0) is 42.5 Å². The molecule has 1 aliphatic rings. The number of hydrogen-bond acceptors (Lipinski definition) is 5. The Labute approximate surface area is 151 Å².